The Bertz CT molecular complexity index is 1260. The Morgan fingerprint density at radius 2 is 1.51 bits per heavy atom. The molecule has 3 aromatic rings. The van der Waals surface area contributed by atoms with Gasteiger partial charge in [0.25, 0.3) is 0 Å². The van der Waals surface area contributed by atoms with Gasteiger partial charge < -0.3 is 19.1 Å². The van der Waals surface area contributed by atoms with Crippen LogP contribution in [0.4, 0.5) is 0 Å². The molecule has 0 aliphatic carbocycles. The third-order valence-corrected chi connectivity index (χ3v) is 8.89. The van der Waals surface area contributed by atoms with Crippen LogP contribution in [0.2, 0.25) is 0 Å². The van der Waals surface area contributed by atoms with E-state index in [0.717, 1.165) is 76.7 Å². The fourth-order valence-electron chi connectivity index (χ4n) is 6.68. The van der Waals surface area contributed by atoms with Crippen molar-refractivity contribution in [3.63, 3.8) is 0 Å². The zero-order valence-corrected chi connectivity index (χ0v) is 25.5. The normalized spacial score (nSPS) is 19.9. The largest absolute Gasteiger partial charge is 0.480 e. The van der Waals surface area contributed by atoms with Crippen molar-refractivity contribution in [1.29, 1.82) is 0 Å². The van der Waals surface area contributed by atoms with Gasteiger partial charge in [0.2, 0.25) is 0 Å². The van der Waals surface area contributed by atoms with E-state index in [1.807, 2.05) is 38.9 Å². The van der Waals surface area contributed by atoms with E-state index in [1.54, 1.807) is 0 Å². The average molecular weight is 562 g/mol. The maximum absolute atomic E-state index is 12.3. The standard InChI is InChI=1S/C32H47N7O2/c1-31(2,3)23-37-14-10-32(11-15-37)18-27(30(40)41)39(24-32)20-26-8-6-25(7-9-26)19-38(21-28-33-12-16-35(28)4)22-29-34-13-17-36(29)5/h6-9,12-13,16-17,27H,10-11,14-15,18-24H2,1-5H3,(H,40,41). The molecule has 0 saturated carbocycles. The first-order chi connectivity index (χ1) is 19.5. The van der Waals surface area contributed by atoms with Crippen LogP contribution in [-0.2, 0) is 45.1 Å². The second-order valence-corrected chi connectivity index (χ2v) is 13.7. The number of aliphatic carboxylic acids is 1. The number of imidazole rings is 2. The Hall–Kier alpha value is -3.01. The summed E-state index contributed by atoms with van der Waals surface area (Å²) in [7, 11) is 4.05. The van der Waals surface area contributed by atoms with E-state index in [2.05, 4.69) is 78.8 Å². The number of piperidine rings is 1. The smallest absolute Gasteiger partial charge is 0.320 e. The molecule has 1 unspecified atom stereocenters. The molecular formula is C32H47N7O2. The van der Waals surface area contributed by atoms with Crippen molar-refractivity contribution >= 4 is 5.97 Å². The summed E-state index contributed by atoms with van der Waals surface area (Å²) >= 11 is 0. The molecule has 41 heavy (non-hydrogen) atoms. The molecule has 0 amide bonds. The van der Waals surface area contributed by atoms with Gasteiger partial charge in [-0.2, -0.15) is 0 Å². The lowest BCUT2D eigenvalue weighted by molar-refractivity contribution is -0.142. The molecule has 0 bridgehead atoms. The Kier molecular flexibility index (Phi) is 8.68. The van der Waals surface area contributed by atoms with Gasteiger partial charge >= 0.3 is 5.97 Å². The highest BCUT2D eigenvalue weighted by Gasteiger charge is 2.48. The summed E-state index contributed by atoms with van der Waals surface area (Å²) in [5.74, 6) is 1.35. The Morgan fingerprint density at radius 1 is 0.951 bits per heavy atom. The summed E-state index contributed by atoms with van der Waals surface area (Å²) in [6.07, 6.45) is 10.6. The van der Waals surface area contributed by atoms with Gasteiger partial charge in [0, 0.05) is 65.1 Å². The predicted octanol–water partition coefficient (Wildman–Crippen LogP) is 4.14. The number of likely N-dealkylation sites (tertiary alicyclic amines) is 2. The summed E-state index contributed by atoms with van der Waals surface area (Å²) < 4.78 is 4.12. The van der Waals surface area contributed by atoms with Crippen LogP contribution in [0, 0.1) is 10.8 Å². The summed E-state index contributed by atoms with van der Waals surface area (Å²) in [5, 5.41) is 10.1. The summed E-state index contributed by atoms with van der Waals surface area (Å²) in [4.78, 5) is 28.5. The molecule has 9 heteroatoms. The molecule has 2 aliphatic rings. The number of benzene rings is 1. The van der Waals surface area contributed by atoms with Crippen molar-refractivity contribution in [1.82, 2.24) is 33.8 Å². The van der Waals surface area contributed by atoms with Crippen LogP contribution in [0.15, 0.2) is 49.1 Å². The van der Waals surface area contributed by atoms with Gasteiger partial charge in [0.1, 0.15) is 17.7 Å². The number of carboxylic acid groups (broad SMARTS) is 1. The van der Waals surface area contributed by atoms with E-state index in [1.165, 1.54) is 11.1 Å². The number of carbonyl (C=O) groups is 1. The second kappa shape index (κ2) is 12.1. The molecule has 4 heterocycles. The lowest BCUT2D eigenvalue weighted by atomic mass is 9.76. The maximum Gasteiger partial charge on any atom is 0.320 e. The molecule has 9 nitrogen and oxygen atoms in total. The third-order valence-electron chi connectivity index (χ3n) is 8.89. The summed E-state index contributed by atoms with van der Waals surface area (Å²) in [5.41, 5.74) is 2.79. The number of carboxylic acids is 1. The van der Waals surface area contributed by atoms with E-state index < -0.39 is 12.0 Å². The van der Waals surface area contributed by atoms with E-state index in [-0.39, 0.29) is 10.8 Å². The lowest BCUT2D eigenvalue weighted by Gasteiger charge is -2.41. The minimum atomic E-state index is -0.685. The number of aryl methyl sites for hydroxylation is 2. The molecular weight excluding hydrogens is 514 g/mol. The van der Waals surface area contributed by atoms with Gasteiger partial charge in [0.05, 0.1) is 13.1 Å². The molecule has 2 aromatic heterocycles. The van der Waals surface area contributed by atoms with E-state index >= 15 is 0 Å². The van der Waals surface area contributed by atoms with Crippen LogP contribution in [0.1, 0.15) is 62.8 Å². The lowest BCUT2D eigenvalue weighted by Crippen LogP contribution is -2.44. The van der Waals surface area contributed by atoms with Gasteiger partial charge in [-0.05, 0) is 54.3 Å². The first kappa shape index (κ1) is 29.5. The monoisotopic (exact) mass is 561 g/mol. The molecule has 2 aliphatic heterocycles. The minimum Gasteiger partial charge on any atom is -0.480 e. The number of hydrogen-bond acceptors (Lipinski definition) is 6. The first-order valence-corrected chi connectivity index (χ1v) is 14.9. The van der Waals surface area contributed by atoms with E-state index in [9.17, 15) is 9.90 Å². The molecule has 1 N–H and O–H groups in total. The molecule has 2 fully saturated rings. The van der Waals surface area contributed by atoms with Crippen molar-refractivity contribution in [3.8, 4) is 0 Å². The number of aromatic nitrogens is 4. The van der Waals surface area contributed by atoms with E-state index in [4.69, 9.17) is 0 Å². The molecule has 222 valence electrons. The van der Waals surface area contributed by atoms with Gasteiger partial charge in [-0.3, -0.25) is 14.6 Å². The fourth-order valence-corrected chi connectivity index (χ4v) is 6.68. The van der Waals surface area contributed by atoms with Crippen LogP contribution in [0.5, 0.6) is 0 Å². The topological polar surface area (TPSA) is 82.7 Å². The molecule has 1 aromatic carbocycles. The quantitative estimate of drug-likeness (QED) is 0.398. The molecule has 1 spiro atoms. The van der Waals surface area contributed by atoms with Crippen LogP contribution >= 0.6 is 0 Å². The average Bonchev–Trinajstić information content (AvgIpc) is 3.60. The molecule has 0 radical (unpaired) electrons. The third kappa shape index (κ3) is 7.45. The fraction of sp³-hybridized carbons (Fsp3) is 0.594. The minimum absolute atomic E-state index is 0.119. The van der Waals surface area contributed by atoms with Crippen molar-refractivity contribution in [3.05, 3.63) is 71.8 Å². The van der Waals surface area contributed by atoms with Gasteiger partial charge in [-0.1, -0.05) is 45.0 Å². The maximum atomic E-state index is 12.3. The highest BCUT2D eigenvalue weighted by molar-refractivity contribution is 5.74. The molecule has 2 saturated heterocycles. The Morgan fingerprint density at radius 3 is 2.00 bits per heavy atom. The molecule has 5 rings (SSSR count). The second-order valence-electron chi connectivity index (χ2n) is 13.7. The highest BCUT2D eigenvalue weighted by Crippen LogP contribution is 2.44. The first-order valence-electron chi connectivity index (χ1n) is 14.9. The Balaban J connectivity index is 1.23. The zero-order valence-electron chi connectivity index (χ0n) is 25.5. The zero-order chi connectivity index (χ0) is 29.2. The van der Waals surface area contributed by atoms with E-state index in [0.29, 0.717) is 6.54 Å². The summed E-state index contributed by atoms with van der Waals surface area (Å²) in [6, 6.07) is 8.31. The highest BCUT2D eigenvalue weighted by atomic mass is 16.4. The van der Waals surface area contributed by atoms with Crippen LogP contribution in [0.25, 0.3) is 0 Å². The van der Waals surface area contributed by atoms with Crippen LogP contribution in [0.3, 0.4) is 0 Å². The van der Waals surface area contributed by atoms with Gasteiger partial charge in [-0.25, -0.2) is 9.97 Å². The number of rotatable bonds is 10. The van der Waals surface area contributed by atoms with Crippen LogP contribution < -0.4 is 0 Å². The SMILES string of the molecule is Cn1ccnc1CN(Cc1ccc(CN2CC3(CCN(CC(C)(C)C)CC3)CC2C(=O)O)cc1)Cc1nccn1C. The summed E-state index contributed by atoms with van der Waals surface area (Å²) in [6.45, 7) is 13.9. The molecule has 1 atom stereocenters. The van der Waals surface area contributed by atoms with Gasteiger partial charge in [-0.15, -0.1) is 0 Å². The van der Waals surface area contributed by atoms with Crippen molar-refractivity contribution in [2.24, 2.45) is 24.9 Å². The number of hydrogen-bond donors (Lipinski definition) is 1. The van der Waals surface area contributed by atoms with Crippen molar-refractivity contribution in [2.45, 2.75) is 72.3 Å². The van der Waals surface area contributed by atoms with Crippen molar-refractivity contribution in [2.75, 3.05) is 26.2 Å². The van der Waals surface area contributed by atoms with Gasteiger partial charge in [0.15, 0.2) is 0 Å². The van der Waals surface area contributed by atoms with Crippen LogP contribution in [-0.4, -0.2) is 77.1 Å². The predicted molar refractivity (Wildman–Crippen MR) is 160 cm³/mol. The van der Waals surface area contributed by atoms with Crippen molar-refractivity contribution < 1.29 is 9.90 Å². The Labute approximate surface area is 244 Å². The number of nitrogens with zero attached hydrogens (tertiary/aromatic N) is 7.